The van der Waals surface area contributed by atoms with Gasteiger partial charge in [-0.05, 0) is 42.7 Å². The molecule has 1 aromatic heterocycles. The van der Waals surface area contributed by atoms with Crippen molar-refractivity contribution in [1.29, 1.82) is 0 Å². The Morgan fingerprint density at radius 3 is 2.59 bits per heavy atom. The van der Waals surface area contributed by atoms with Crippen molar-refractivity contribution in [1.82, 2.24) is 9.47 Å². The normalized spacial score (nSPS) is 15.6. The molecule has 3 N–H and O–H groups in total. The minimum Gasteiger partial charge on any atom is -0.493 e. The predicted octanol–water partition coefficient (Wildman–Crippen LogP) is 3.54. The van der Waals surface area contributed by atoms with Gasteiger partial charge in [-0.1, -0.05) is 36.7 Å². The number of halogens is 1. The average Bonchev–Trinajstić information content (AvgIpc) is 3.21. The Morgan fingerprint density at radius 2 is 1.91 bits per heavy atom. The quantitative estimate of drug-likeness (QED) is 0.485. The molecule has 0 spiro atoms. The maximum atomic E-state index is 11.9. The lowest BCUT2D eigenvalue weighted by atomic mass is 10.1. The molecule has 2 heterocycles. The number of carbonyl (C=O) groups excluding carboxylic acids is 1. The third-order valence-electron chi connectivity index (χ3n) is 6.63. The molecule has 0 saturated carbocycles. The summed E-state index contributed by atoms with van der Waals surface area (Å²) in [5.41, 5.74) is 9.24. The highest BCUT2D eigenvalue weighted by Crippen LogP contribution is 2.37. The van der Waals surface area contributed by atoms with Gasteiger partial charge in [0.15, 0.2) is 5.75 Å². The number of aliphatic hydroxyl groups excluding tert-OH is 1. The molecule has 0 bridgehead atoms. The van der Waals surface area contributed by atoms with Crippen molar-refractivity contribution >= 4 is 34.1 Å². The number of primary amides is 1. The number of amides is 1. The molecule has 8 heteroatoms. The van der Waals surface area contributed by atoms with Gasteiger partial charge in [-0.15, -0.1) is 0 Å². The van der Waals surface area contributed by atoms with Crippen LogP contribution in [0.25, 0.3) is 10.9 Å². The monoisotopic (exact) mass is 484 g/mol. The van der Waals surface area contributed by atoms with E-state index in [0.717, 1.165) is 54.9 Å². The van der Waals surface area contributed by atoms with E-state index in [-0.39, 0.29) is 0 Å². The summed E-state index contributed by atoms with van der Waals surface area (Å²) in [4.78, 5) is 16.5. The predicted molar refractivity (Wildman–Crippen MR) is 137 cm³/mol. The van der Waals surface area contributed by atoms with Crippen LogP contribution in [0.3, 0.4) is 0 Å². The number of ether oxygens (including phenoxy) is 1. The van der Waals surface area contributed by atoms with Crippen LogP contribution in [0.4, 0.5) is 5.69 Å². The van der Waals surface area contributed by atoms with E-state index in [4.69, 9.17) is 22.1 Å². The Labute approximate surface area is 205 Å². The number of anilines is 1. The summed E-state index contributed by atoms with van der Waals surface area (Å²) >= 11 is 6.45. The first-order chi connectivity index (χ1) is 16.4. The zero-order chi connectivity index (χ0) is 24.2. The van der Waals surface area contributed by atoms with Crippen LogP contribution in [-0.4, -0.2) is 66.4 Å². The van der Waals surface area contributed by atoms with E-state index in [1.165, 1.54) is 5.56 Å². The summed E-state index contributed by atoms with van der Waals surface area (Å²) in [5, 5.41) is 12.4. The van der Waals surface area contributed by atoms with Crippen LogP contribution >= 0.6 is 11.6 Å². The molecule has 0 radical (unpaired) electrons. The van der Waals surface area contributed by atoms with Crippen molar-refractivity contribution in [3.05, 3.63) is 58.7 Å². The highest BCUT2D eigenvalue weighted by Gasteiger charge is 2.23. The van der Waals surface area contributed by atoms with E-state index in [9.17, 15) is 9.90 Å². The zero-order valence-corrected chi connectivity index (χ0v) is 20.6. The van der Waals surface area contributed by atoms with Gasteiger partial charge >= 0.3 is 0 Å². The Morgan fingerprint density at radius 1 is 1.18 bits per heavy atom. The smallest absolute Gasteiger partial charge is 0.265 e. The summed E-state index contributed by atoms with van der Waals surface area (Å²) in [5.74, 6) is 0.265. The van der Waals surface area contributed by atoms with E-state index in [1.54, 1.807) is 7.11 Å². The van der Waals surface area contributed by atoms with Crippen LogP contribution in [0.5, 0.6) is 5.75 Å². The maximum Gasteiger partial charge on any atom is 0.265 e. The van der Waals surface area contributed by atoms with Gasteiger partial charge < -0.3 is 25.0 Å². The Hall–Kier alpha value is -2.74. The van der Waals surface area contributed by atoms with Crippen LogP contribution < -0.4 is 15.4 Å². The molecule has 1 aliphatic heterocycles. The van der Waals surface area contributed by atoms with Gasteiger partial charge in [0.25, 0.3) is 5.91 Å². The van der Waals surface area contributed by atoms with E-state index in [1.807, 2.05) is 41.0 Å². The fourth-order valence-corrected chi connectivity index (χ4v) is 5.08. The number of aryl methyl sites for hydroxylation is 2. The first-order valence-corrected chi connectivity index (χ1v) is 12.2. The van der Waals surface area contributed by atoms with Crippen molar-refractivity contribution in [3.8, 4) is 5.75 Å². The number of aliphatic hydroxyl groups is 1. The van der Waals surface area contributed by atoms with Gasteiger partial charge in [-0.3, -0.25) is 9.69 Å². The number of hydrogen-bond donors (Lipinski definition) is 2. The average molecular weight is 485 g/mol. The molecular weight excluding hydrogens is 452 g/mol. The molecule has 4 rings (SSSR count). The number of para-hydroxylation sites is 1. The second kappa shape index (κ2) is 10.7. The molecular formula is C26H33ClN4O3. The molecule has 1 aliphatic rings. The molecule has 3 aromatic rings. The van der Waals surface area contributed by atoms with E-state index in [2.05, 4.69) is 22.8 Å². The molecule has 1 atom stereocenters. The second-order valence-corrected chi connectivity index (χ2v) is 9.23. The fourth-order valence-electron chi connectivity index (χ4n) is 4.77. The minimum absolute atomic E-state index is 0.454. The molecule has 7 nitrogen and oxygen atoms in total. The Balaban J connectivity index is 1.35. The number of benzene rings is 2. The largest absolute Gasteiger partial charge is 0.493 e. The second-order valence-electron chi connectivity index (χ2n) is 8.82. The molecule has 0 aliphatic carbocycles. The number of hydrogen-bond acceptors (Lipinski definition) is 5. The first-order valence-electron chi connectivity index (χ1n) is 11.8. The van der Waals surface area contributed by atoms with Crippen molar-refractivity contribution in [2.45, 2.75) is 32.4 Å². The van der Waals surface area contributed by atoms with Gasteiger partial charge in [0.05, 0.1) is 23.9 Å². The first kappa shape index (κ1) is 24.4. The summed E-state index contributed by atoms with van der Waals surface area (Å²) in [6.07, 6.45) is 0.957. The fraction of sp³-hybridized carbons (Fsp3) is 0.423. The molecule has 1 fully saturated rings. The number of nitrogens with two attached hydrogens (primary N) is 1. The van der Waals surface area contributed by atoms with Crippen LogP contribution in [0.15, 0.2) is 42.5 Å². The minimum atomic E-state index is -0.499. The van der Waals surface area contributed by atoms with Gasteiger partial charge in [-0.25, -0.2) is 0 Å². The third-order valence-corrected chi connectivity index (χ3v) is 6.91. The van der Waals surface area contributed by atoms with Crippen molar-refractivity contribution in [2.75, 3.05) is 44.7 Å². The van der Waals surface area contributed by atoms with Gasteiger partial charge in [-0.2, -0.15) is 0 Å². The summed E-state index contributed by atoms with van der Waals surface area (Å²) in [6.45, 7) is 6.59. The number of rotatable bonds is 9. The highest BCUT2D eigenvalue weighted by molar-refractivity contribution is 6.32. The van der Waals surface area contributed by atoms with Gasteiger partial charge in [0.2, 0.25) is 0 Å². The highest BCUT2D eigenvalue weighted by atomic mass is 35.5. The number of fused-ring (bicyclic) bond motifs is 1. The number of nitrogens with zero attached hydrogens (tertiary/aromatic N) is 3. The summed E-state index contributed by atoms with van der Waals surface area (Å²) in [6, 6.07) is 13.8. The molecule has 0 unspecified atom stereocenters. The summed E-state index contributed by atoms with van der Waals surface area (Å²) < 4.78 is 7.49. The summed E-state index contributed by atoms with van der Waals surface area (Å²) in [7, 11) is 1.65. The lowest BCUT2D eigenvalue weighted by molar-refractivity contribution is 0.0952. The molecule has 2 aromatic carbocycles. The lowest BCUT2D eigenvalue weighted by Crippen LogP contribution is -2.48. The van der Waals surface area contributed by atoms with Crippen molar-refractivity contribution in [2.24, 2.45) is 5.73 Å². The SMILES string of the molecule is CCc1cc(Cl)c(OC)c(N2CCN(C[C@H](O)CCn3c(C(N)=O)cc4ccccc43)CC2)c1. The van der Waals surface area contributed by atoms with E-state index >= 15 is 0 Å². The molecule has 1 saturated heterocycles. The van der Waals surface area contributed by atoms with Crippen LogP contribution in [0, 0.1) is 0 Å². The number of β-amino-alcohol motifs (C(OH)–C–C–N with tert-alkyl or cyclic N) is 1. The number of piperazine rings is 1. The molecule has 1 amide bonds. The van der Waals surface area contributed by atoms with Crippen LogP contribution in [0.1, 0.15) is 29.4 Å². The van der Waals surface area contributed by atoms with Crippen LogP contribution in [-0.2, 0) is 13.0 Å². The van der Waals surface area contributed by atoms with Gasteiger partial charge in [0.1, 0.15) is 5.69 Å². The Kier molecular flexibility index (Phi) is 7.66. The number of carbonyl (C=O) groups is 1. The van der Waals surface area contributed by atoms with Crippen molar-refractivity contribution in [3.63, 3.8) is 0 Å². The lowest BCUT2D eigenvalue weighted by Gasteiger charge is -2.37. The Bertz CT molecular complexity index is 1150. The molecule has 182 valence electrons. The zero-order valence-electron chi connectivity index (χ0n) is 19.8. The van der Waals surface area contributed by atoms with E-state index in [0.29, 0.717) is 30.2 Å². The van der Waals surface area contributed by atoms with Crippen molar-refractivity contribution < 1.29 is 14.6 Å². The number of methoxy groups -OCH3 is 1. The van der Waals surface area contributed by atoms with Crippen LogP contribution in [0.2, 0.25) is 5.02 Å². The number of aromatic nitrogens is 1. The van der Waals surface area contributed by atoms with Gasteiger partial charge in [0, 0.05) is 50.2 Å². The third kappa shape index (κ3) is 5.17. The standard InChI is InChI=1S/C26H33ClN4O3/c1-3-18-14-21(27)25(34-2)23(15-18)30-12-10-29(11-13-30)17-20(32)8-9-31-22-7-5-4-6-19(22)16-24(31)26(28)33/h4-7,14-16,20,32H,3,8-13,17H2,1-2H3,(H2,28,33)/t20-/m1/s1. The topological polar surface area (TPSA) is 84.0 Å². The molecule has 34 heavy (non-hydrogen) atoms. The maximum absolute atomic E-state index is 11.9. The van der Waals surface area contributed by atoms with E-state index < -0.39 is 12.0 Å².